The van der Waals surface area contributed by atoms with Gasteiger partial charge in [0.25, 0.3) is 0 Å². The number of hydrogen-bond donors (Lipinski definition) is 0. The van der Waals surface area contributed by atoms with Gasteiger partial charge in [0.05, 0.1) is 22.3 Å². The Morgan fingerprint density at radius 3 is 2.52 bits per heavy atom. The van der Waals surface area contributed by atoms with Crippen LogP contribution in [-0.2, 0) is 4.74 Å². The van der Waals surface area contributed by atoms with Crippen molar-refractivity contribution in [2.45, 2.75) is 0 Å². The first kappa shape index (κ1) is 18.4. The highest BCUT2D eigenvalue weighted by Crippen LogP contribution is 2.25. The van der Waals surface area contributed by atoms with E-state index in [2.05, 4.69) is 9.97 Å². The maximum Gasteiger partial charge on any atom is 0.339 e. The molecule has 0 atom stereocenters. The van der Waals surface area contributed by atoms with Gasteiger partial charge in [-0.15, -0.1) is 0 Å². The Bertz CT molecular complexity index is 1210. The van der Waals surface area contributed by atoms with Crippen LogP contribution in [0.15, 0.2) is 79.1 Å². The lowest BCUT2D eigenvalue weighted by Gasteiger charge is -2.10. The third kappa shape index (κ3) is 3.87. The second kappa shape index (κ2) is 7.98. The number of aromatic nitrogens is 2. The minimum atomic E-state index is -0.682. The Morgan fingerprint density at radius 2 is 1.72 bits per heavy atom. The Balaban J connectivity index is 1.65. The van der Waals surface area contributed by atoms with Gasteiger partial charge in [-0.2, -0.15) is 0 Å². The van der Waals surface area contributed by atoms with Gasteiger partial charge in [0.2, 0.25) is 5.78 Å². The molecule has 142 valence electrons. The number of hydrogen-bond acceptors (Lipinski definition) is 5. The highest BCUT2D eigenvalue weighted by molar-refractivity contribution is 6.06. The Morgan fingerprint density at radius 1 is 0.931 bits per heavy atom. The molecule has 2 aromatic heterocycles. The minimum Gasteiger partial charge on any atom is -0.454 e. The molecular formula is C23H15FN2O3. The van der Waals surface area contributed by atoms with Gasteiger partial charge in [0.1, 0.15) is 5.82 Å². The normalized spacial score (nSPS) is 10.7. The van der Waals surface area contributed by atoms with Crippen molar-refractivity contribution in [2.24, 2.45) is 0 Å². The first-order valence-electron chi connectivity index (χ1n) is 8.88. The van der Waals surface area contributed by atoms with Crippen molar-refractivity contribution in [1.29, 1.82) is 0 Å². The summed E-state index contributed by atoms with van der Waals surface area (Å²) in [5.74, 6) is -1.94. The number of halogens is 1. The summed E-state index contributed by atoms with van der Waals surface area (Å²) in [6, 6.07) is 17.9. The first-order valence-corrected chi connectivity index (χ1v) is 8.88. The van der Waals surface area contributed by atoms with Crippen molar-refractivity contribution in [3.8, 4) is 11.3 Å². The van der Waals surface area contributed by atoms with Crippen molar-refractivity contribution >= 4 is 22.7 Å². The molecule has 2 aromatic carbocycles. The fourth-order valence-electron chi connectivity index (χ4n) is 2.98. The van der Waals surface area contributed by atoms with Crippen LogP contribution in [0, 0.1) is 5.82 Å². The number of ketones is 1. The highest BCUT2D eigenvalue weighted by atomic mass is 19.1. The molecule has 4 aromatic rings. The third-order valence-electron chi connectivity index (χ3n) is 4.40. The largest absolute Gasteiger partial charge is 0.454 e. The van der Waals surface area contributed by atoms with Crippen LogP contribution in [0.4, 0.5) is 4.39 Å². The number of Topliss-reactive ketones (excluding diaryl/α,β-unsaturated/α-hetero) is 1. The number of pyridine rings is 2. The monoisotopic (exact) mass is 386 g/mol. The molecule has 29 heavy (non-hydrogen) atoms. The number of rotatable bonds is 5. The molecule has 0 saturated carbocycles. The van der Waals surface area contributed by atoms with Gasteiger partial charge in [-0.05, 0) is 36.4 Å². The number of benzene rings is 2. The molecule has 4 rings (SSSR count). The second-order valence-corrected chi connectivity index (χ2v) is 6.29. The molecule has 0 unspecified atom stereocenters. The smallest absolute Gasteiger partial charge is 0.339 e. The average molecular weight is 386 g/mol. The van der Waals surface area contributed by atoms with Crippen LogP contribution in [-0.4, -0.2) is 28.3 Å². The van der Waals surface area contributed by atoms with E-state index in [1.807, 2.05) is 12.1 Å². The van der Waals surface area contributed by atoms with Crippen LogP contribution >= 0.6 is 0 Å². The lowest BCUT2D eigenvalue weighted by molar-refractivity contribution is 0.0475. The van der Waals surface area contributed by atoms with E-state index in [0.29, 0.717) is 16.6 Å². The number of esters is 1. The number of para-hydroxylation sites is 1. The third-order valence-corrected chi connectivity index (χ3v) is 4.40. The molecule has 0 aliphatic rings. The average Bonchev–Trinajstić information content (AvgIpc) is 2.77. The van der Waals surface area contributed by atoms with Crippen molar-refractivity contribution < 1.29 is 18.7 Å². The predicted octanol–water partition coefficient (Wildman–Crippen LogP) is 4.48. The van der Waals surface area contributed by atoms with E-state index in [1.165, 1.54) is 18.2 Å². The van der Waals surface area contributed by atoms with Crippen LogP contribution < -0.4 is 0 Å². The topological polar surface area (TPSA) is 69.2 Å². The number of fused-ring (bicyclic) bond motifs is 1. The van der Waals surface area contributed by atoms with E-state index in [4.69, 9.17) is 4.74 Å². The van der Waals surface area contributed by atoms with Crippen LogP contribution in [0.5, 0.6) is 0 Å². The van der Waals surface area contributed by atoms with E-state index >= 15 is 0 Å². The van der Waals surface area contributed by atoms with Crippen molar-refractivity contribution in [3.63, 3.8) is 0 Å². The lowest BCUT2D eigenvalue weighted by Crippen LogP contribution is -2.16. The maximum absolute atomic E-state index is 13.8. The van der Waals surface area contributed by atoms with E-state index in [0.717, 1.165) is 5.56 Å². The van der Waals surface area contributed by atoms with Crippen LogP contribution in [0.2, 0.25) is 0 Å². The molecule has 2 heterocycles. The molecule has 0 bridgehead atoms. The Kier molecular flexibility index (Phi) is 5.07. The van der Waals surface area contributed by atoms with Crippen LogP contribution in [0.3, 0.4) is 0 Å². The summed E-state index contributed by atoms with van der Waals surface area (Å²) >= 11 is 0. The van der Waals surface area contributed by atoms with Gasteiger partial charge in [0, 0.05) is 23.3 Å². The highest BCUT2D eigenvalue weighted by Gasteiger charge is 2.18. The molecule has 0 aliphatic carbocycles. The predicted molar refractivity (Wildman–Crippen MR) is 106 cm³/mol. The summed E-state index contributed by atoms with van der Waals surface area (Å²) in [6.45, 7) is -0.557. The number of ether oxygens (including phenoxy) is 1. The van der Waals surface area contributed by atoms with Gasteiger partial charge >= 0.3 is 5.97 Å². The Hall–Kier alpha value is -3.93. The van der Waals surface area contributed by atoms with Crippen molar-refractivity contribution in [1.82, 2.24) is 9.97 Å². The van der Waals surface area contributed by atoms with Gasteiger partial charge in [-0.3, -0.25) is 9.78 Å². The maximum atomic E-state index is 13.8. The molecule has 0 fully saturated rings. The fraction of sp³-hybridized carbons (Fsp3) is 0.0435. The molecule has 6 heteroatoms. The summed E-state index contributed by atoms with van der Waals surface area (Å²) in [7, 11) is 0. The van der Waals surface area contributed by atoms with Crippen LogP contribution in [0.25, 0.3) is 22.2 Å². The number of carbonyl (C=O) groups is 2. The quantitative estimate of drug-likeness (QED) is 0.374. The summed E-state index contributed by atoms with van der Waals surface area (Å²) in [6.07, 6.45) is 3.29. The fourth-order valence-corrected chi connectivity index (χ4v) is 2.98. The van der Waals surface area contributed by atoms with Gasteiger partial charge < -0.3 is 4.74 Å². The van der Waals surface area contributed by atoms with Crippen molar-refractivity contribution in [2.75, 3.05) is 6.61 Å². The molecule has 0 aliphatic heterocycles. The molecular weight excluding hydrogens is 371 g/mol. The molecule has 0 amide bonds. The summed E-state index contributed by atoms with van der Waals surface area (Å²) in [5.41, 5.74) is 2.08. The number of nitrogens with zero attached hydrogens (tertiary/aromatic N) is 2. The van der Waals surface area contributed by atoms with E-state index < -0.39 is 24.2 Å². The lowest BCUT2D eigenvalue weighted by atomic mass is 10.1. The molecule has 0 saturated heterocycles. The SMILES string of the molecule is O=C(COC(=O)c1cc(-c2cccnc2)nc2ccccc12)c1ccccc1F. The zero-order valence-electron chi connectivity index (χ0n) is 15.2. The van der Waals surface area contributed by atoms with E-state index in [-0.39, 0.29) is 11.1 Å². The first-order chi connectivity index (χ1) is 14.1. The minimum absolute atomic E-state index is 0.115. The standard InChI is InChI=1S/C23H15FN2O3/c24-19-9-3-1-8-17(19)22(27)14-29-23(28)18-12-21(15-6-5-11-25-13-15)26-20-10-4-2-7-16(18)20/h1-13H,14H2. The second-order valence-electron chi connectivity index (χ2n) is 6.29. The molecule has 5 nitrogen and oxygen atoms in total. The number of carbonyl (C=O) groups excluding carboxylic acids is 2. The van der Waals surface area contributed by atoms with Crippen molar-refractivity contribution in [3.05, 3.63) is 96.1 Å². The molecule has 0 radical (unpaired) electrons. The van der Waals surface area contributed by atoms with Gasteiger partial charge in [-0.1, -0.05) is 30.3 Å². The van der Waals surface area contributed by atoms with Gasteiger partial charge in [-0.25, -0.2) is 14.2 Å². The summed E-state index contributed by atoms with van der Waals surface area (Å²) in [4.78, 5) is 33.6. The van der Waals surface area contributed by atoms with Crippen LogP contribution in [0.1, 0.15) is 20.7 Å². The van der Waals surface area contributed by atoms with E-state index in [1.54, 1.807) is 48.8 Å². The van der Waals surface area contributed by atoms with E-state index in [9.17, 15) is 14.0 Å². The Labute approximate surface area is 165 Å². The molecule has 0 N–H and O–H groups in total. The summed E-state index contributed by atoms with van der Waals surface area (Å²) < 4.78 is 19.0. The molecule has 0 spiro atoms. The summed E-state index contributed by atoms with van der Waals surface area (Å²) in [5, 5.41) is 0.600. The van der Waals surface area contributed by atoms with Gasteiger partial charge in [0.15, 0.2) is 6.61 Å². The zero-order valence-corrected chi connectivity index (χ0v) is 15.2. The zero-order chi connectivity index (χ0) is 20.2.